The maximum atomic E-state index is 9.77. The molecule has 0 aromatic heterocycles. The van der Waals surface area contributed by atoms with Gasteiger partial charge in [-0.25, -0.2) is 0 Å². The number of phenolic OH excluding ortho intramolecular Hbond substituents is 1. The molecule has 0 heterocycles. The lowest BCUT2D eigenvalue weighted by atomic mass is 9.96. The Morgan fingerprint density at radius 2 is 2.11 bits per heavy atom. The third-order valence-corrected chi connectivity index (χ3v) is 3.29. The van der Waals surface area contributed by atoms with E-state index in [0.717, 1.165) is 5.56 Å². The normalized spacial score (nSPS) is 17.2. The van der Waals surface area contributed by atoms with Crippen LogP contribution >= 0.6 is 0 Å². The summed E-state index contributed by atoms with van der Waals surface area (Å²) < 4.78 is 5.29. The summed E-state index contributed by atoms with van der Waals surface area (Å²) in [5, 5.41) is 9.77. The minimum atomic E-state index is 0.185. The van der Waals surface area contributed by atoms with Gasteiger partial charge in [-0.3, -0.25) is 4.99 Å². The Kier molecular flexibility index (Phi) is 4.62. The molecule has 1 aromatic carbocycles. The molecule has 3 nitrogen and oxygen atoms in total. The highest BCUT2D eigenvalue weighted by atomic mass is 16.5. The lowest BCUT2D eigenvalue weighted by Crippen LogP contribution is -2.09. The van der Waals surface area contributed by atoms with Crippen molar-refractivity contribution in [1.29, 1.82) is 0 Å². The number of ether oxygens (including phenoxy) is 1. The van der Waals surface area contributed by atoms with Crippen molar-refractivity contribution in [3.63, 3.8) is 0 Å². The van der Waals surface area contributed by atoms with E-state index in [2.05, 4.69) is 4.99 Å². The third-order valence-electron chi connectivity index (χ3n) is 3.29. The zero-order valence-electron chi connectivity index (χ0n) is 10.9. The first-order valence-electron chi connectivity index (χ1n) is 6.78. The standard InChI is InChI=1S/C15H21NO2/c1-2-18-15-9-8-12(10-14(15)17)11-16-13-6-4-3-5-7-13/h8-11,13,17H,2-7H2,1H3. The molecule has 1 aliphatic carbocycles. The number of aromatic hydroxyl groups is 1. The molecule has 0 spiro atoms. The van der Waals surface area contributed by atoms with Gasteiger partial charge in [0.2, 0.25) is 0 Å². The van der Waals surface area contributed by atoms with Gasteiger partial charge in [-0.2, -0.15) is 0 Å². The summed E-state index contributed by atoms with van der Waals surface area (Å²) in [6.07, 6.45) is 8.17. The van der Waals surface area contributed by atoms with Crippen LogP contribution in [-0.4, -0.2) is 24.0 Å². The predicted molar refractivity (Wildman–Crippen MR) is 73.7 cm³/mol. The van der Waals surface area contributed by atoms with Crippen molar-refractivity contribution >= 4 is 6.21 Å². The zero-order valence-corrected chi connectivity index (χ0v) is 10.9. The zero-order chi connectivity index (χ0) is 12.8. The molecule has 3 heteroatoms. The van der Waals surface area contributed by atoms with Gasteiger partial charge in [-0.05, 0) is 43.5 Å². The van der Waals surface area contributed by atoms with E-state index in [1.54, 1.807) is 12.1 Å². The van der Waals surface area contributed by atoms with Gasteiger partial charge in [0.05, 0.1) is 6.61 Å². The Balaban J connectivity index is 2.00. The largest absolute Gasteiger partial charge is 0.504 e. The summed E-state index contributed by atoms with van der Waals surface area (Å²) in [7, 11) is 0. The number of aliphatic imine (C=N–C) groups is 1. The second-order valence-corrected chi connectivity index (χ2v) is 4.73. The van der Waals surface area contributed by atoms with Crippen LogP contribution in [0.15, 0.2) is 23.2 Å². The first kappa shape index (κ1) is 12.9. The molecule has 0 bridgehead atoms. The van der Waals surface area contributed by atoms with E-state index in [1.165, 1.54) is 32.1 Å². The molecule has 1 fully saturated rings. The molecule has 98 valence electrons. The highest BCUT2D eigenvalue weighted by Crippen LogP contribution is 2.26. The van der Waals surface area contributed by atoms with E-state index < -0.39 is 0 Å². The molecule has 1 N–H and O–H groups in total. The van der Waals surface area contributed by atoms with Crippen molar-refractivity contribution in [3.05, 3.63) is 23.8 Å². The van der Waals surface area contributed by atoms with E-state index in [9.17, 15) is 5.11 Å². The molecule has 0 radical (unpaired) electrons. The number of benzene rings is 1. The van der Waals surface area contributed by atoms with Gasteiger partial charge in [0.25, 0.3) is 0 Å². The van der Waals surface area contributed by atoms with Crippen molar-refractivity contribution in [3.8, 4) is 11.5 Å². The Labute approximate surface area is 109 Å². The van der Waals surface area contributed by atoms with Crippen LogP contribution in [0.3, 0.4) is 0 Å². The van der Waals surface area contributed by atoms with Crippen molar-refractivity contribution in [1.82, 2.24) is 0 Å². The van der Waals surface area contributed by atoms with Crippen molar-refractivity contribution in [2.45, 2.75) is 45.1 Å². The fourth-order valence-electron chi connectivity index (χ4n) is 2.31. The molecule has 0 saturated heterocycles. The Hall–Kier alpha value is -1.51. The van der Waals surface area contributed by atoms with Gasteiger partial charge in [0, 0.05) is 12.3 Å². The molecule has 2 rings (SSSR count). The Bertz CT molecular complexity index is 409. The van der Waals surface area contributed by atoms with Crippen LogP contribution in [-0.2, 0) is 0 Å². The molecule has 18 heavy (non-hydrogen) atoms. The molecular weight excluding hydrogens is 226 g/mol. The van der Waals surface area contributed by atoms with Gasteiger partial charge in [0.1, 0.15) is 0 Å². The molecule has 0 atom stereocenters. The number of phenols is 1. The van der Waals surface area contributed by atoms with E-state index in [4.69, 9.17) is 4.74 Å². The summed E-state index contributed by atoms with van der Waals surface area (Å²) in [6.45, 7) is 2.46. The minimum Gasteiger partial charge on any atom is -0.504 e. The summed E-state index contributed by atoms with van der Waals surface area (Å²) in [5.74, 6) is 0.719. The second-order valence-electron chi connectivity index (χ2n) is 4.73. The van der Waals surface area contributed by atoms with Gasteiger partial charge in [-0.15, -0.1) is 0 Å². The average molecular weight is 247 g/mol. The van der Waals surface area contributed by atoms with E-state index in [-0.39, 0.29) is 5.75 Å². The average Bonchev–Trinajstić information content (AvgIpc) is 2.41. The highest BCUT2D eigenvalue weighted by Gasteiger charge is 2.10. The maximum Gasteiger partial charge on any atom is 0.160 e. The molecule has 0 amide bonds. The van der Waals surface area contributed by atoms with Crippen molar-refractivity contribution in [2.75, 3.05) is 6.61 Å². The molecule has 0 aliphatic heterocycles. The second kappa shape index (κ2) is 6.43. The SMILES string of the molecule is CCOc1ccc(C=NC2CCCCC2)cc1O. The van der Waals surface area contributed by atoms with Crippen molar-refractivity contribution < 1.29 is 9.84 Å². The fraction of sp³-hybridized carbons (Fsp3) is 0.533. The molecule has 1 saturated carbocycles. The summed E-state index contributed by atoms with van der Waals surface area (Å²) in [5.41, 5.74) is 0.932. The molecule has 1 aromatic rings. The minimum absolute atomic E-state index is 0.185. The first-order valence-corrected chi connectivity index (χ1v) is 6.78. The van der Waals surface area contributed by atoms with Crippen LogP contribution in [0.2, 0.25) is 0 Å². The number of rotatable bonds is 4. The maximum absolute atomic E-state index is 9.77. The molecule has 0 unspecified atom stereocenters. The van der Waals surface area contributed by atoms with Crippen LogP contribution in [0.4, 0.5) is 0 Å². The quantitative estimate of drug-likeness (QED) is 0.827. The lowest BCUT2D eigenvalue weighted by Gasteiger charge is -2.17. The fourth-order valence-corrected chi connectivity index (χ4v) is 2.31. The summed E-state index contributed by atoms with van der Waals surface area (Å²) in [4.78, 5) is 4.59. The Morgan fingerprint density at radius 1 is 1.33 bits per heavy atom. The van der Waals surface area contributed by atoms with Gasteiger partial charge < -0.3 is 9.84 Å². The highest BCUT2D eigenvalue weighted by molar-refractivity contribution is 5.81. The van der Waals surface area contributed by atoms with E-state index in [0.29, 0.717) is 18.4 Å². The van der Waals surface area contributed by atoms with Crippen LogP contribution in [0.1, 0.15) is 44.6 Å². The molecular formula is C15H21NO2. The number of hydrogen-bond donors (Lipinski definition) is 1. The van der Waals surface area contributed by atoms with Gasteiger partial charge in [-0.1, -0.05) is 19.3 Å². The summed E-state index contributed by atoms with van der Waals surface area (Å²) in [6, 6.07) is 5.89. The van der Waals surface area contributed by atoms with Gasteiger partial charge >= 0.3 is 0 Å². The van der Waals surface area contributed by atoms with Gasteiger partial charge in [0.15, 0.2) is 11.5 Å². The monoisotopic (exact) mass is 247 g/mol. The Morgan fingerprint density at radius 3 is 2.78 bits per heavy atom. The van der Waals surface area contributed by atoms with Crippen LogP contribution in [0.5, 0.6) is 11.5 Å². The first-order chi connectivity index (χ1) is 8.79. The van der Waals surface area contributed by atoms with Crippen LogP contribution in [0.25, 0.3) is 0 Å². The van der Waals surface area contributed by atoms with Crippen molar-refractivity contribution in [2.24, 2.45) is 4.99 Å². The smallest absolute Gasteiger partial charge is 0.160 e. The predicted octanol–water partition coefficient (Wildman–Crippen LogP) is 3.54. The summed E-state index contributed by atoms with van der Waals surface area (Å²) >= 11 is 0. The topological polar surface area (TPSA) is 41.8 Å². The molecule has 1 aliphatic rings. The number of hydrogen-bond acceptors (Lipinski definition) is 3. The van der Waals surface area contributed by atoms with Crippen LogP contribution < -0.4 is 4.74 Å². The third kappa shape index (κ3) is 3.49. The van der Waals surface area contributed by atoms with Crippen LogP contribution in [0, 0.1) is 0 Å². The lowest BCUT2D eigenvalue weighted by molar-refractivity contribution is 0.318. The van der Waals surface area contributed by atoms with E-state index >= 15 is 0 Å². The number of nitrogens with zero attached hydrogens (tertiary/aromatic N) is 1. The van der Waals surface area contributed by atoms with E-state index in [1.807, 2.05) is 19.2 Å².